The Hall–Kier alpha value is -1.26. The van der Waals surface area contributed by atoms with Gasteiger partial charge in [-0.25, -0.2) is 0 Å². The van der Waals surface area contributed by atoms with Crippen molar-refractivity contribution in [3.63, 3.8) is 0 Å². The van der Waals surface area contributed by atoms with Crippen LogP contribution in [0.1, 0.15) is 10.4 Å². The summed E-state index contributed by atoms with van der Waals surface area (Å²) >= 11 is 0. The maximum Gasteiger partial charge on any atom is 0.176 e. The Morgan fingerprint density at radius 1 is 1.25 bits per heavy atom. The van der Waals surface area contributed by atoms with Crippen molar-refractivity contribution in [3.05, 3.63) is 30.1 Å². The van der Waals surface area contributed by atoms with Gasteiger partial charge in [-0.3, -0.25) is 14.7 Å². The number of pyridine rings is 1. The summed E-state index contributed by atoms with van der Waals surface area (Å²) in [5.74, 6) is 0.187. The van der Waals surface area contributed by atoms with E-state index in [1.54, 1.807) is 24.5 Å². The van der Waals surface area contributed by atoms with Crippen LogP contribution in [0.5, 0.6) is 0 Å². The molecule has 0 aliphatic carbocycles. The van der Waals surface area contributed by atoms with E-state index >= 15 is 0 Å². The Morgan fingerprint density at radius 2 is 1.88 bits per heavy atom. The highest BCUT2D eigenvalue weighted by Gasteiger charge is 2.17. The lowest BCUT2D eigenvalue weighted by atomic mass is 10.1. The number of hydrogen-bond donors (Lipinski definition) is 0. The van der Waals surface area contributed by atoms with E-state index in [4.69, 9.17) is 0 Å². The molecule has 0 bridgehead atoms. The number of likely N-dealkylation sites (N-methyl/N-ethyl adjacent to an activating group) is 1. The average Bonchev–Trinajstić information content (AvgIpc) is 2.33. The van der Waals surface area contributed by atoms with Gasteiger partial charge >= 0.3 is 0 Å². The minimum atomic E-state index is 0.187. The van der Waals surface area contributed by atoms with Crippen molar-refractivity contribution in [2.45, 2.75) is 0 Å². The molecule has 4 heteroatoms. The zero-order valence-electron chi connectivity index (χ0n) is 9.59. The lowest BCUT2D eigenvalue weighted by molar-refractivity contribution is 0.0876. The van der Waals surface area contributed by atoms with E-state index in [1.807, 2.05) is 0 Å². The molecule has 4 nitrogen and oxygen atoms in total. The first-order valence-corrected chi connectivity index (χ1v) is 5.60. The van der Waals surface area contributed by atoms with Gasteiger partial charge in [0.1, 0.15) is 0 Å². The molecule has 1 aliphatic heterocycles. The lowest BCUT2D eigenvalue weighted by Gasteiger charge is -2.31. The van der Waals surface area contributed by atoms with Gasteiger partial charge in [0.15, 0.2) is 5.78 Å². The fourth-order valence-corrected chi connectivity index (χ4v) is 1.84. The van der Waals surface area contributed by atoms with Crippen molar-refractivity contribution < 1.29 is 4.79 Å². The van der Waals surface area contributed by atoms with Gasteiger partial charge in [-0.2, -0.15) is 0 Å². The molecular weight excluding hydrogens is 202 g/mol. The van der Waals surface area contributed by atoms with Crippen LogP contribution in [-0.2, 0) is 0 Å². The minimum Gasteiger partial charge on any atom is -0.304 e. The molecule has 0 atom stereocenters. The largest absolute Gasteiger partial charge is 0.304 e. The summed E-state index contributed by atoms with van der Waals surface area (Å²) < 4.78 is 0. The quantitative estimate of drug-likeness (QED) is 0.694. The van der Waals surface area contributed by atoms with Crippen LogP contribution in [0, 0.1) is 0 Å². The third-order valence-corrected chi connectivity index (χ3v) is 2.97. The highest BCUT2D eigenvalue weighted by atomic mass is 16.1. The second-order valence-electron chi connectivity index (χ2n) is 4.24. The van der Waals surface area contributed by atoms with Gasteiger partial charge in [0.05, 0.1) is 6.54 Å². The molecular formula is C12H17N3O. The van der Waals surface area contributed by atoms with Crippen LogP contribution in [0.15, 0.2) is 24.5 Å². The SMILES string of the molecule is CN1CCN(CC(=O)c2ccncc2)CC1. The van der Waals surface area contributed by atoms with Crippen molar-refractivity contribution in [3.8, 4) is 0 Å². The third-order valence-electron chi connectivity index (χ3n) is 2.97. The fraction of sp³-hybridized carbons (Fsp3) is 0.500. The monoisotopic (exact) mass is 219 g/mol. The van der Waals surface area contributed by atoms with Crippen molar-refractivity contribution in [2.75, 3.05) is 39.8 Å². The second kappa shape index (κ2) is 5.18. The van der Waals surface area contributed by atoms with E-state index in [0.29, 0.717) is 6.54 Å². The molecule has 2 heterocycles. The summed E-state index contributed by atoms with van der Waals surface area (Å²) in [4.78, 5) is 20.3. The Kier molecular flexibility index (Phi) is 3.64. The van der Waals surface area contributed by atoms with Crippen LogP contribution >= 0.6 is 0 Å². The number of carbonyl (C=O) groups excluding carboxylic acids is 1. The molecule has 16 heavy (non-hydrogen) atoms. The number of nitrogens with zero attached hydrogens (tertiary/aromatic N) is 3. The lowest BCUT2D eigenvalue weighted by Crippen LogP contribution is -2.46. The molecule has 0 radical (unpaired) electrons. The summed E-state index contributed by atoms with van der Waals surface area (Å²) in [7, 11) is 2.11. The first-order chi connectivity index (χ1) is 7.75. The normalized spacial score (nSPS) is 18.6. The molecule has 86 valence electrons. The number of carbonyl (C=O) groups is 1. The molecule has 1 aliphatic rings. The van der Waals surface area contributed by atoms with Crippen LogP contribution in [0.25, 0.3) is 0 Å². The van der Waals surface area contributed by atoms with Crippen molar-refractivity contribution in [1.82, 2.24) is 14.8 Å². The van der Waals surface area contributed by atoms with Gasteiger partial charge in [-0.15, -0.1) is 0 Å². The minimum absolute atomic E-state index is 0.187. The van der Waals surface area contributed by atoms with E-state index in [2.05, 4.69) is 21.8 Å². The Bertz CT molecular complexity index is 345. The first kappa shape index (κ1) is 11.2. The topological polar surface area (TPSA) is 36.4 Å². The fourth-order valence-electron chi connectivity index (χ4n) is 1.84. The Morgan fingerprint density at radius 3 is 2.50 bits per heavy atom. The number of ketones is 1. The molecule has 0 spiro atoms. The van der Waals surface area contributed by atoms with Gasteiger partial charge in [0, 0.05) is 44.1 Å². The molecule has 0 unspecified atom stereocenters. The van der Waals surface area contributed by atoms with Crippen molar-refractivity contribution in [1.29, 1.82) is 0 Å². The summed E-state index contributed by atoms with van der Waals surface area (Å²) in [5, 5.41) is 0. The number of hydrogen-bond acceptors (Lipinski definition) is 4. The summed E-state index contributed by atoms with van der Waals surface area (Å²) in [6.45, 7) is 4.58. The zero-order valence-corrected chi connectivity index (χ0v) is 9.59. The van der Waals surface area contributed by atoms with Crippen LogP contribution in [0.4, 0.5) is 0 Å². The van der Waals surface area contributed by atoms with Crippen LogP contribution in [-0.4, -0.2) is 60.3 Å². The maximum absolute atomic E-state index is 11.9. The van der Waals surface area contributed by atoms with Gasteiger partial charge in [-0.05, 0) is 19.2 Å². The van der Waals surface area contributed by atoms with Gasteiger partial charge in [0.25, 0.3) is 0 Å². The van der Waals surface area contributed by atoms with Crippen LogP contribution in [0.3, 0.4) is 0 Å². The predicted molar refractivity (Wildman–Crippen MR) is 62.5 cm³/mol. The Balaban J connectivity index is 1.88. The zero-order chi connectivity index (χ0) is 11.4. The van der Waals surface area contributed by atoms with Crippen molar-refractivity contribution in [2.24, 2.45) is 0 Å². The van der Waals surface area contributed by atoms with Crippen LogP contribution in [0.2, 0.25) is 0 Å². The van der Waals surface area contributed by atoms with E-state index in [9.17, 15) is 4.79 Å². The van der Waals surface area contributed by atoms with Crippen molar-refractivity contribution >= 4 is 5.78 Å². The maximum atomic E-state index is 11.9. The molecule has 0 aromatic carbocycles. The second-order valence-corrected chi connectivity index (χ2v) is 4.24. The number of piperazine rings is 1. The van der Waals surface area contributed by atoms with E-state index < -0.39 is 0 Å². The molecule has 0 amide bonds. The van der Waals surface area contributed by atoms with Crippen LogP contribution < -0.4 is 0 Å². The Labute approximate surface area is 95.9 Å². The molecule has 1 aromatic rings. The summed E-state index contributed by atoms with van der Waals surface area (Å²) in [6.07, 6.45) is 3.33. The highest BCUT2D eigenvalue weighted by molar-refractivity contribution is 5.97. The average molecular weight is 219 g/mol. The number of aromatic nitrogens is 1. The summed E-state index contributed by atoms with van der Waals surface area (Å²) in [5.41, 5.74) is 0.758. The molecule has 1 aromatic heterocycles. The number of Topliss-reactive ketones (excluding diaryl/α,β-unsaturated/α-hetero) is 1. The highest BCUT2D eigenvalue weighted by Crippen LogP contribution is 2.03. The smallest absolute Gasteiger partial charge is 0.176 e. The van der Waals surface area contributed by atoms with Gasteiger partial charge in [0.2, 0.25) is 0 Å². The third kappa shape index (κ3) is 2.87. The standard InChI is InChI=1S/C12H17N3O/c1-14-6-8-15(9-7-14)10-12(16)11-2-4-13-5-3-11/h2-5H,6-10H2,1H3. The molecule has 1 saturated heterocycles. The molecule has 0 N–H and O–H groups in total. The van der Waals surface area contributed by atoms with E-state index in [0.717, 1.165) is 31.7 Å². The predicted octanol–water partition coefficient (Wildman–Crippen LogP) is 0.512. The first-order valence-electron chi connectivity index (χ1n) is 5.60. The van der Waals surface area contributed by atoms with E-state index in [-0.39, 0.29) is 5.78 Å². The molecule has 2 rings (SSSR count). The summed E-state index contributed by atoms with van der Waals surface area (Å²) in [6, 6.07) is 3.55. The molecule has 1 fully saturated rings. The van der Waals surface area contributed by atoms with E-state index in [1.165, 1.54) is 0 Å². The molecule has 0 saturated carbocycles. The number of rotatable bonds is 3. The van der Waals surface area contributed by atoms with Gasteiger partial charge in [-0.1, -0.05) is 0 Å². The van der Waals surface area contributed by atoms with Gasteiger partial charge < -0.3 is 4.90 Å².